The van der Waals surface area contributed by atoms with E-state index in [1.807, 2.05) is 19.2 Å². The van der Waals surface area contributed by atoms with Gasteiger partial charge in [0.1, 0.15) is 11.4 Å². The van der Waals surface area contributed by atoms with Crippen molar-refractivity contribution in [3.63, 3.8) is 0 Å². The summed E-state index contributed by atoms with van der Waals surface area (Å²) in [6.07, 6.45) is 3.34. The molecule has 0 aromatic carbocycles. The number of aryl methyl sites for hydroxylation is 1. The Morgan fingerprint density at radius 1 is 1.62 bits per heavy atom. The predicted molar refractivity (Wildman–Crippen MR) is 47.8 cm³/mol. The van der Waals surface area contributed by atoms with Crippen LogP contribution in [0.5, 0.6) is 0 Å². The first kappa shape index (κ1) is 7.85. The van der Waals surface area contributed by atoms with E-state index < -0.39 is 0 Å². The molecule has 5 heteroatoms. The summed E-state index contributed by atoms with van der Waals surface area (Å²) in [4.78, 5) is 0. The maximum atomic E-state index is 5.62. The summed E-state index contributed by atoms with van der Waals surface area (Å²) in [5.74, 6) is 0.534. The molecule has 2 rings (SSSR count). The highest BCUT2D eigenvalue weighted by atomic mass is 16.5. The fraction of sp³-hybridized carbons (Fsp3) is 0.250. The zero-order valence-electron chi connectivity index (χ0n) is 7.27. The summed E-state index contributed by atoms with van der Waals surface area (Å²) in [5.41, 5.74) is 6.85. The van der Waals surface area contributed by atoms with E-state index in [0.29, 0.717) is 11.4 Å². The van der Waals surface area contributed by atoms with Gasteiger partial charge in [0, 0.05) is 12.7 Å². The standard InChI is InChI=1S/C8H10N4O/c1-2-12-4-3-7(11-12)8-6(9)5-10-13-8/h3-5H,2,9H2,1H3. The van der Waals surface area contributed by atoms with Crippen LogP contribution in [0.3, 0.4) is 0 Å². The summed E-state index contributed by atoms with van der Waals surface area (Å²) in [6.45, 7) is 2.84. The average Bonchev–Trinajstić information content (AvgIpc) is 2.71. The maximum Gasteiger partial charge on any atom is 0.209 e. The van der Waals surface area contributed by atoms with Crippen LogP contribution in [0.25, 0.3) is 11.5 Å². The fourth-order valence-corrected chi connectivity index (χ4v) is 1.10. The highest BCUT2D eigenvalue weighted by Crippen LogP contribution is 2.22. The summed E-state index contributed by atoms with van der Waals surface area (Å²) < 4.78 is 6.76. The Bertz CT molecular complexity index is 404. The summed E-state index contributed by atoms with van der Waals surface area (Å²) >= 11 is 0. The van der Waals surface area contributed by atoms with Crippen LogP contribution in [0.1, 0.15) is 6.92 Å². The maximum absolute atomic E-state index is 5.62. The average molecular weight is 178 g/mol. The van der Waals surface area contributed by atoms with Crippen molar-refractivity contribution in [2.75, 3.05) is 5.73 Å². The molecule has 2 N–H and O–H groups in total. The van der Waals surface area contributed by atoms with Crippen molar-refractivity contribution < 1.29 is 4.52 Å². The lowest BCUT2D eigenvalue weighted by atomic mass is 10.3. The van der Waals surface area contributed by atoms with E-state index in [2.05, 4.69) is 10.3 Å². The molecule has 0 aliphatic rings. The third-order valence-corrected chi connectivity index (χ3v) is 1.80. The molecule has 0 unspecified atom stereocenters. The first-order valence-corrected chi connectivity index (χ1v) is 4.05. The highest BCUT2D eigenvalue weighted by molar-refractivity contribution is 5.66. The van der Waals surface area contributed by atoms with E-state index in [1.54, 1.807) is 4.68 Å². The molecule has 5 nitrogen and oxygen atoms in total. The number of hydrogen-bond donors (Lipinski definition) is 1. The van der Waals surface area contributed by atoms with Crippen LogP contribution >= 0.6 is 0 Å². The Balaban J connectivity index is 2.41. The molecule has 0 radical (unpaired) electrons. The number of rotatable bonds is 2. The van der Waals surface area contributed by atoms with Gasteiger partial charge in [-0.1, -0.05) is 5.16 Å². The number of nitrogens with zero attached hydrogens (tertiary/aromatic N) is 3. The van der Waals surface area contributed by atoms with Crippen molar-refractivity contribution in [1.29, 1.82) is 0 Å². The van der Waals surface area contributed by atoms with Crippen molar-refractivity contribution in [3.05, 3.63) is 18.5 Å². The molecular formula is C8H10N4O. The lowest BCUT2D eigenvalue weighted by Crippen LogP contribution is -1.94. The molecule has 0 saturated carbocycles. The van der Waals surface area contributed by atoms with E-state index in [0.717, 1.165) is 12.2 Å². The van der Waals surface area contributed by atoms with Crippen molar-refractivity contribution in [2.45, 2.75) is 13.5 Å². The number of anilines is 1. The Kier molecular flexibility index (Phi) is 1.77. The Hall–Kier alpha value is -1.78. The second-order valence-electron chi connectivity index (χ2n) is 2.67. The molecule has 0 atom stereocenters. The minimum atomic E-state index is 0.515. The Morgan fingerprint density at radius 2 is 2.46 bits per heavy atom. The topological polar surface area (TPSA) is 69.9 Å². The second kappa shape index (κ2) is 2.93. The zero-order valence-corrected chi connectivity index (χ0v) is 7.27. The van der Waals surface area contributed by atoms with Gasteiger partial charge in [0.15, 0.2) is 0 Å². The van der Waals surface area contributed by atoms with Gasteiger partial charge in [-0.25, -0.2) is 0 Å². The van der Waals surface area contributed by atoms with Crippen LogP contribution in [0, 0.1) is 0 Å². The lowest BCUT2D eigenvalue weighted by molar-refractivity contribution is 0.430. The van der Waals surface area contributed by atoms with Crippen molar-refractivity contribution in [1.82, 2.24) is 14.9 Å². The predicted octanol–water partition coefficient (Wildman–Crippen LogP) is 1.14. The smallest absolute Gasteiger partial charge is 0.209 e. The molecule has 0 saturated heterocycles. The summed E-state index contributed by atoms with van der Waals surface area (Å²) in [7, 11) is 0. The van der Waals surface area contributed by atoms with Gasteiger partial charge < -0.3 is 10.3 Å². The van der Waals surface area contributed by atoms with Crippen LogP contribution in [-0.4, -0.2) is 14.9 Å². The van der Waals surface area contributed by atoms with Gasteiger partial charge in [-0.3, -0.25) is 4.68 Å². The van der Waals surface area contributed by atoms with E-state index in [9.17, 15) is 0 Å². The molecule has 2 aromatic rings. The van der Waals surface area contributed by atoms with Gasteiger partial charge in [0.25, 0.3) is 0 Å². The molecule has 0 aliphatic heterocycles. The van der Waals surface area contributed by atoms with Crippen LogP contribution in [0.15, 0.2) is 23.0 Å². The summed E-state index contributed by atoms with van der Waals surface area (Å²) in [5, 5.41) is 7.82. The van der Waals surface area contributed by atoms with Crippen molar-refractivity contribution >= 4 is 5.69 Å². The van der Waals surface area contributed by atoms with Crippen LogP contribution < -0.4 is 5.73 Å². The molecule has 2 heterocycles. The molecule has 68 valence electrons. The highest BCUT2D eigenvalue weighted by Gasteiger charge is 2.10. The third kappa shape index (κ3) is 1.28. The van der Waals surface area contributed by atoms with Gasteiger partial charge in [-0.2, -0.15) is 5.10 Å². The SMILES string of the molecule is CCn1ccc(-c2oncc2N)n1. The number of nitrogen functional groups attached to an aromatic ring is 1. The molecule has 0 bridgehead atoms. The molecule has 13 heavy (non-hydrogen) atoms. The molecular weight excluding hydrogens is 168 g/mol. The first-order valence-electron chi connectivity index (χ1n) is 4.05. The number of aromatic nitrogens is 3. The monoisotopic (exact) mass is 178 g/mol. The van der Waals surface area contributed by atoms with Crippen LogP contribution in [0.2, 0.25) is 0 Å². The van der Waals surface area contributed by atoms with Crippen molar-refractivity contribution in [2.24, 2.45) is 0 Å². The van der Waals surface area contributed by atoms with Crippen LogP contribution in [0.4, 0.5) is 5.69 Å². The van der Waals surface area contributed by atoms with Gasteiger partial charge in [0.2, 0.25) is 5.76 Å². The van der Waals surface area contributed by atoms with E-state index in [1.165, 1.54) is 6.20 Å². The van der Waals surface area contributed by atoms with Gasteiger partial charge >= 0.3 is 0 Å². The van der Waals surface area contributed by atoms with E-state index in [4.69, 9.17) is 10.3 Å². The quantitative estimate of drug-likeness (QED) is 0.748. The zero-order chi connectivity index (χ0) is 9.26. The van der Waals surface area contributed by atoms with Gasteiger partial charge in [-0.15, -0.1) is 0 Å². The number of hydrogen-bond acceptors (Lipinski definition) is 4. The van der Waals surface area contributed by atoms with Gasteiger partial charge in [0.05, 0.1) is 6.20 Å². The normalized spacial score (nSPS) is 10.5. The lowest BCUT2D eigenvalue weighted by Gasteiger charge is -1.92. The molecule has 0 spiro atoms. The Morgan fingerprint density at radius 3 is 3.00 bits per heavy atom. The minimum absolute atomic E-state index is 0.515. The van der Waals surface area contributed by atoms with E-state index in [-0.39, 0.29) is 0 Å². The van der Waals surface area contributed by atoms with Crippen LogP contribution in [-0.2, 0) is 6.54 Å². The van der Waals surface area contributed by atoms with Gasteiger partial charge in [-0.05, 0) is 13.0 Å². The Labute approximate surface area is 75.1 Å². The summed E-state index contributed by atoms with van der Waals surface area (Å²) in [6, 6.07) is 1.85. The molecule has 2 aromatic heterocycles. The fourth-order valence-electron chi connectivity index (χ4n) is 1.10. The van der Waals surface area contributed by atoms with E-state index >= 15 is 0 Å². The third-order valence-electron chi connectivity index (χ3n) is 1.80. The first-order chi connectivity index (χ1) is 6.31. The second-order valence-corrected chi connectivity index (χ2v) is 2.67. The minimum Gasteiger partial charge on any atom is -0.394 e. The largest absolute Gasteiger partial charge is 0.394 e. The number of nitrogens with two attached hydrogens (primary N) is 1. The van der Waals surface area contributed by atoms with Crippen molar-refractivity contribution in [3.8, 4) is 11.5 Å². The molecule has 0 fully saturated rings. The molecule has 0 amide bonds. The molecule has 0 aliphatic carbocycles.